The Morgan fingerprint density at radius 1 is 0.903 bits per heavy atom. The molecule has 156 valence electrons. The molecule has 0 saturated carbocycles. The number of nitrogens with zero attached hydrogens (tertiary/aromatic N) is 2. The Bertz CT molecular complexity index is 1150. The first-order valence-electron chi connectivity index (χ1n) is 9.45. The Kier molecular flexibility index (Phi) is 6.44. The molecule has 0 radical (unpaired) electrons. The fourth-order valence-electron chi connectivity index (χ4n) is 2.73. The second kappa shape index (κ2) is 9.77. The van der Waals surface area contributed by atoms with E-state index in [1.165, 1.54) is 0 Å². The zero-order chi connectivity index (χ0) is 21.5. The molecule has 0 fully saturated rings. The zero-order valence-corrected chi connectivity index (χ0v) is 17.1. The highest BCUT2D eigenvalue weighted by atomic mass is 35.5. The van der Waals surface area contributed by atoms with Gasteiger partial charge in [0.2, 0.25) is 5.82 Å². The number of halogens is 1. The smallest absolute Gasteiger partial charge is 0.262 e. The fraction of sp³-hybridized carbons (Fsp3) is 0.0870. The standard InChI is InChI=1S/C23H18ClN3O4/c24-16-10-12-18(13-11-16)30-15-22(28)25-20-9-5-4-8-19(20)23-26-21(27-31-23)14-29-17-6-2-1-3-7-17/h1-13H,14-15H2,(H,25,28). The molecule has 8 heteroatoms. The van der Waals surface area contributed by atoms with Crippen LogP contribution in [0.1, 0.15) is 5.82 Å². The highest BCUT2D eigenvalue weighted by Crippen LogP contribution is 2.26. The molecule has 0 aliphatic heterocycles. The summed E-state index contributed by atoms with van der Waals surface area (Å²) in [5.74, 6) is 1.61. The third kappa shape index (κ3) is 5.61. The van der Waals surface area contributed by atoms with Crippen LogP contribution in [-0.2, 0) is 11.4 Å². The molecule has 0 atom stereocenters. The van der Waals surface area contributed by atoms with Crippen molar-refractivity contribution in [3.05, 3.63) is 89.7 Å². The second-order valence-corrected chi connectivity index (χ2v) is 6.89. The van der Waals surface area contributed by atoms with Gasteiger partial charge in [-0.2, -0.15) is 4.98 Å². The topological polar surface area (TPSA) is 86.5 Å². The first-order valence-corrected chi connectivity index (χ1v) is 9.83. The van der Waals surface area contributed by atoms with Crippen molar-refractivity contribution in [3.8, 4) is 23.0 Å². The molecule has 3 aromatic carbocycles. The summed E-state index contributed by atoms with van der Waals surface area (Å²) in [5, 5.41) is 7.36. The minimum absolute atomic E-state index is 0.157. The summed E-state index contributed by atoms with van der Waals surface area (Å²) in [6, 6.07) is 23.3. The van der Waals surface area contributed by atoms with Crippen molar-refractivity contribution < 1.29 is 18.8 Å². The van der Waals surface area contributed by atoms with Crippen LogP contribution >= 0.6 is 11.6 Å². The van der Waals surface area contributed by atoms with Crippen molar-refractivity contribution in [2.45, 2.75) is 6.61 Å². The summed E-state index contributed by atoms with van der Waals surface area (Å²) >= 11 is 5.85. The fourth-order valence-corrected chi connectivity index (χ4v) is 2.86. The van der Waals surface area contributed by atoms with E-state index in [1.807, 2.05) is 36.4 Å². The number of ether oxygens (including phenoxy) is 2. The Morgan fingerprint density at radius 2 is 1.61 bits per heavy atom. The summed E-state index contributed by atoms with van der Waals surface area (Å²) in [6.45, 7) is 0.00688. The molecule has 7 nitrogen and oxygen atoms in total. The highest BCUT2D eigenvalue weighted by Gasteiger charge is 2.15. The maximum Gasteiger partial charge on any atom is 0.262 e. The van der Waals surface area contributed by atoms with Crippen LogP contribution in [0.15, 0.2) is 83.4 Å². The Balaban J connectivity index is 1.39. The summed E-state index contributed by atoms with van der Waals surface area (Å²) < 4.78 is 16.5. The van der Waals surface area contributed by atoms with Gasteiger partial charge in [0.25, 0.3) is 11.8 Å². The molecule has 1 heterocycles. The quantitative estimate of drug-likeness (QED) is 0.419. The van der Waals surface area contributed by atoms with Gasteiger partial charge in [-0.3, -0.25) is 4.79 Å². The maximum absolute atomic E-state index is 12.4. The minimum atomic E-state index is -0.324. The van der Waals surface area contributed by atoms with Crippen LogP contribution in [0.25, 0.3) is 11.5 Å². The molecular formula is C23H18ClN3O4. The van der Waals surface area contributed by atoms with Crippen LogP contribution in [0.3, 0.4) is 0 Å². The minimum Gasteiger partial charge on any atom is -0.485 e. The van der Waals surface area contributed by atoms with E-state index in [4.69, 9.17) is 25.6 Å². The van der Waals surface area contributed by atoms with Gasteiger partial charge in [0.15, 0.2) is 13.2 Å². The third-order valence-electron chi connectivity index (χ3n) is 4.19. The zero-order valence-electron chi connectivity index (χ0n) is 16.3. The van der Waals surface area contributed by atoms with Gasteiger partial charge in [-0.15, -0.1) is 0 Å². The number of rotatable bonds is 8. The lowest BCUT2D eigenvalue weighted by molar-refractivity contribution is -0.118. The van der Waals surface area contributed by atoms with E-state index in [2.05, 4.69) is 15.5 Å². The predicted molar refractivity (Wildman–Crippen MR) is 116 cm³/mol. The molecule has 0 bridgehead atoms. The molecule has 0 aliphatic rings. The third-order valence-corrected chi connectivity index (χ3v) is 4.45. The monoisotopic (exact) mass is 435 g/mol. The SMILES string of the molecule is O=C(COc1ccc(Cl)cc1)Nc1ccccc1-c1nc(COc2ccccc2)no1. The molecule has 4 aromatic rings. The number of carbonyl (C=O) groups is 1. The predicted octanol–water partition coefficient (Wildman–Crippen LogP) is 4.99. The lowest BCUT2D eigenvalue weighted by Gasteiger charge is -2.09. The van der Waals surface area contributed by atoms with Crippen LogP contribution in [-0.4, -0.2) is 22.7 Å². The Morgan fingerprint density at radius 3 is 2.42 bits per heavy atom. The van der Waals surface area contributed by atoms with Crippen LogP contribution in [0.5, 0.6) is 11.5 Å². The number of para-hydroxylation sites is 2. The molecule has 0 saturated heterocycles. The molecule has 31 heavy (non-hydrogen) atoms. The number of nitrogens with one attached hydrogen (secondary N) is 1. The normalized spacial score (nSPS) is 10.5. The average molecular weight is 436 g/mol. The molecule has 1 aromatic heterocycles. The summed E-state index contributed by atoms with van der Waals surface area (Å²) in [7, 11) is 0. The molecule has 4 rings (SSSR count). The Labute approximate surface area is 183 Å². The van der Waals surface area contributed by atoms with Gasteiger partial charge in [-0.05, 0) is 48.5 Å². The van der Waals surface area contributed by atoms with Gasteiger partial charge in [-0.25, -0.2) is 0 Å². The van der Waals surface area contributed by atoms with Crippen molar-refractivity contribution in [2.75, 3.05) is 11.9 Å². The Hall–Kier alpha value is -3.84. The van der Waals surface area contributed by atoms with E-state index in [0.717, 1.165) is 0 Å². The summed E-state index contributed by atoms with van der Waals surface area (Å²) in [6.07, 6.45) is 0. The number of carbonyl (C=O) groups excluding carboxylic acids is 1. The summed E-state index contributed by atoms with van der Waals surface area (Å²) in [4.78, 5) is 16.7. The van der Waals surface area contributed by atoms with Gasteiger partial charge >= 0.3 is 0 Å². The number of amides is 1. The number of benzene rings is 3. The number of aromatic nitrogens is 2. The first-order chi connectivity index (χ1) is 15.2. The van der Waals surface area contributed by atoms with Gasteiger partial charge in [0.1, 0.15) is 11.5 Å². The van der Waals surface area contributed by atoms with Gasteiger partial charge < -0.3 is 19.3 Å². The maximum atomic E-state index is 12.4. The lowest BCUT2D eigenvalue weighted by atomic mass is 10.1. The molecule has 1 N–H and O–H groups in total. The van der Waals surface area contributed by atoms with Crippen molar-refractivity contribution >= 4 is 23.2 Å². The summed E-state index contributed by atoms with van der Waals surface area (Å²) in [5.41, 5.74) is 1.13. The second-order valence-electron chi connectivity index (χ2n) is 6.45. The van der Waals surface area contributed by atoms with Crippen LogP contribution in [0.2, 0.25) is 5.02 Å². The number of hydrogen-bond donors (Lipinski definition) is 1. The molecule has 0 aliphatic carbocycles. The van der Waals surface area contributed by atoms with E-state index in [9.17, 15) is 4.79 Å². The van der Waals surface area contributed by atoms with E-state index in [0.29, 0.717) is 33.6 Å². The van der Waals surface area contributed by atoms with Crippen molar-refractivity contribution in [2.24, 2.45) is 0 Å². The molecular weight excluding hydrogens is 418 g/mol. The molecule has 0 unspecified atom stereocenters. The van der Waals surface area contributed by atoms with Crippen molar-refractivity contribution in [1.29, 1.82) is 0 Å². The molecule has 0 spiro atoms. The molecule has 1 amide bonds. The van der Waals surface area contributed by atoms with E-state index < -0.39 is 0 Å². The van der Waals surface area contributed by atoms with Gasteiger partial charge in [0.05, 0.1) is 11.3 Å². The van der Waals surface area contributed by atoms with Crippen LogP contribution in [0.4, 0.5) is 5.69 Å². The lowest BCUT2D eigenvalue weighted by Crippen LogP contribution is -2.20. The highest BCUT2D eigenvalue weighted by molar-refractivity contribution is 6.30. The average Bonchev–Trinajstić information content (AvgIpc) is 3.27. The number of hydrogen-bond acceptors (Lipinski definition) is 6. The largest absolute Gasteiger partial charge is 0.485 e. The van der Waals surface area contributed by atoms with E-state index >= 15 is 0 Å². The van der Waals surface area contributed by atoms with Crippen LogP contribution in [0, 0.1) is 0 Å². The van der Waals surface area contributed by atoms with E-state index in [-0.39, 0.29) is 25.0 Å². The van der Waals surface area contributed by atoms with Crippen LogP contribution < -0.4 is 14.8 Å². The van der Waals surface area contributed by atoms with E-state index in [1.54, 1.807) is 42.5 Å². The number of anilines is 1. The van der Waals surface area contributed by atoms with Gasteiger partial charge in [-0.1, -0.05) is 47.1 Å². The van der Waals surface area contributed by atoms with Crippen molar-refractivity contribution in [3.63, 3.8) is 0 Å². The van der Waals surface area contributed by atoms with Gasteiger partial charge in [0, 0.05) is 5.02 Å². The van der Waals surface area contributed by atoms with Crippen molar-refractivity contribution in [1.82, 2.24) is 10.1 Å². The first kappa shape index (κ1) is 20.4.